The Hall–Kier alpha value is -1.72. The van der Waals surface area contributed by atoms with Crippen LogP contribution in [0.2, 0.25) is 0 Å². The van der Waals surface area contributed by atoms with E-state index in [9.17, 15) is 14.7 Å². The number of amides is 2. The summed E-state index contributed by atoms with van der Waals surface area (Å²) >= 11 is 0. The molecule has 0 aliphatic carbocycles. The van der Waals surface area contributed by atoms with E-state index in [1.165, 1.54) is 11.3 Å². The van der Waals surface area contributed by atoms with Gasteiger partial charge in [0.05, 0.1) is 23.8 Å². The number of rotatable bonds is 6. The predicted octanol–water partition coefficient (Wildman–Crippen LogP) is 2.69. The second-order valence-electron chi connectivity index (χ2n) is 7.17. The molecule has 0 bridgehead atoms. The van der Waals surface area contributed by atoms with E-state index in [-0.39, 0.29) is 18.4 Å². The normalized spacial score (nSPS) is 25.3. The first-order chi connectivity index (χ1) is 12.1. The number of piperidine rings is 1. The summed E-state index contributed by atoms with van der Waals surface area (Å²) in [5.41, 5.74) is 0.881. The Morgan fingerprint density at radius 3 is 2.00 bits per heavy atom. The van der Waals surface area contributed by atoms with Crippen LogP contribution in [0.3, 0.4) is 0 Å². The molecule has 0 radical (unpaired) electrons. The van der Waals surface area contributed by atoms with E-state index >= 15 is 0 Å². The SMILES string of the molecule is CCC1CCCC(CC)N1CC(O)CN1C(=O)c2ccccc2C1=O. The molecule has 25 heavy (non-hydrogen) atoms. The zero-order valence-corrected chi connectivity index (χ0v) is 15.1. The summed E-state index contributed by atoms with van der Waals surface area (Å²) in [7, 11) is 0. The van der Waals surface area contributed by atoms with Crippen molar-refractivity contribution in [2.75, 3.05) is 13.1 Å². The first-order valence-electron chi connectivity index (χ1n) is 9.45. The number of β-amino-alcohol motifs (C(OH)–C–C–N with tert-alkyl or cyclic N) is 1. The fourth-order valence-electron chi connectivity index (χ4n) is 4.31. The van der Waals surface area contributed by atoms with Gasteiger partial charge >= 0.3 is 0 Å². The molecular formula is C20H28N2O3. The van der Waals surface area contributed by atoms with Crippen molar-refractivity contribution in [1.29, 1.82) is 0 Å². The largest absolute Gasteiger partial charge is 0.390 e. The van der Waals surface area contributed by atoms with Gasteiger partial charge in [0.25, 0.3) is 11.8 Å². The third-order valence-electron chi connectivity index (χ3n) is 5.65. The van der Waals surface area contributed by atoms with Crippen molar-refractivity contribution >= 4 is 11.8 Å². The average molecular weight is 344 g/mol. The molecule has 2 heterocycles. The van der Waals surface area contributed by atoms with Crippen LogP contribution < -0.4 is 0 Å². The van der Waals surface area contributed by atoms with Gasteiger partial charge in [-0.2, -0.15) is 0 Å². The molecular weight excluding hydrogens is 316 g/mol. The lowest BCUT2D eigenvalue weighted by atomic mass is 9.92. The van der Waals surface area contributed by atoms with E-state index in [0.29, 0.717) is 29.8 Å². The molecule has 1 aromatic carbocycles. The van der Waals surface area contributed by atoms with Crippen LogP contribution in [0.4, 0.5) is 0 Å². The zero-order valence-electron chi connectivity index (χ0n) is 15.1. The summed E-state index contributed by atoms with van der Waals surface area (Å²) in [6, 6.07) is 7.83. The lowest BCUT2D eigenvalue weighted by Gasteiger charge is -2.43. The van der Waals surface area contributed by atoms with Gasteiger partial charge in [-0.25, -0.2) is 0 Å². The Morgan fingerprint density at radius 2 is 1.52 bits per heavy atom. The minimum Gasteiger partial charge on any atom is -0.390 e. The molecule has 3 rings (SSSR count). The third-order valence-corrected chi connectivity index (χ3v) is 5.65. The standard InChI is InChI=1S/C20H28N2O3/c1-3-14-8-7-9-15(4-2)21(14)12-16(23)13-22-19(24)17-10-5-6-11-18(17)20(22)25/h5-6,10-11,14-16,23H,3-4,7-9,12-13H2,1-2H3. The van der Waals surface area contributed by atoms with Crippen LogP contribution in [0.1, 0.15) is 66.7 Å². The maximum absolute atomic E-state index is 12.5. The fraction of sp³-hybridized carbons (Fsp3) is 0.600. The van der Waals surface area contributed by atoms with Crippen LogP contribution in [-0.4, -0.2) is 58.0 Å². The monoisotopic (exact) mass is 344 g/mol. The highest BCUT2D eigenvalue weighted by molar-refractivity contribution is 6.21. The fourth-order valence-corrected chi connectivity index (χ4v) is 4.31. The van der Waals surface area contributed by atoms with Gasteiger partial charge in [-0.05, 0) is 37.8 Å². The van der Waals surface area contributed by atoms with Crippen LogP contribution in [-0.2, 0) is 0 Å². The van der Waals surface area contributed by atoms with E-state index in [1.54, 1.807) is 24.3 Å². The minimum absolute atomic E-state index is 0.0652. The number of nitrogens with zero attached hydrogens (tertiary/aromatic N) is 2. The van der Waals surface area contributed by atoms with Crippen molar-refractivity contribution in [3.63, 3.8) is 0 Å². The van der Waals surface area contributed by atoms with Crippen molar-refractivity contribution in [1.82, 2.24) is 9.80 Å². The van der Waals surface area contributed by atoms with Crippen LogP contribution in [0.15, 0.2) is 24.3 Å². The van der Waals surface area contributed by atoms with Crippen LogP contribution in [0.25, 0.3) is 0 Å². The van der Waals surface area contributed by atoms with Crippen molar-refractivity contribution in [2.24, 2.45) is 0 Å². The number of carbonyl (C=O) groups is 2. The van der Waals surface area contributed by atoms with Gasteiger partial charge in [-0.15, -0.1) is 0 Å². The van der Waals surface area contributed by atoms with Gasteiger partial charge in [0.1, 0.15) is 0 Å². The van der Waals surface area contributed by atoms with E-state index in [0.717, 1.165) is 25.7 Å². The average Bonchev–Trinajstić information content (AvgIpc) is 2.87. The lowest BCUT2D eigenvalue weighted by Crippen LogP contribution is -2.51. The first-order valence-corrected chi connectivity index (χ1v) is 9.45. The summed E-state index contributed by atoms with van der Waals surface area (Å²) in [6.07, 6.45) is 4.97. The molecule has 136 valence electrons. The molecule has 3 atom stereocenters. The molecule has 5 heteroatoms. The Morgan fingerprint density at radius 1 is 1.00 bits per heavy atom. The number of hydrogen-bond acceptors (Lipinski definition) is 4. The van der Waals surface area contributed by atoms with Crippen LogP contribution in [0.5, 0.6) is 0 Å². The molecule has 0 spiro atoms. The smallest absolute Gasteiger partial charge is 0.261 e. The van der Waals surface area contributed by atoms with Crippen LogP contribution >= 0.6 is 0 Å². The summed E-state index contributed by atoms with van der Waals surface area (Å²) in [6.45, 7) is 4.96. The highest BCUT2D eigenvalue weighted by atomic mass is 16.3. The van der Waals surface area contributed by atoms with Gasteiger partial charge in [0.2, 0.25) is 0 Å². The second kappa shape index (κ2) is 7.67. The molecule has 3 unspecified atom stereocenters. The maximum atomic E-state index is 12.5. The maximum Gasteiger partial charge on any atom is 0.261 e. The van der Waals surface area contributed by atoms with Gasteiger partial charge < -0.3 is 5.11 Å². The predicted molar refractivity (Wildman–Crippen MR) is 96.5 cm³/mol. The van der Waals surface area contributed by atoms with Crippen molar-refractivity contribution in [3.8, 4) is 0 Å². The molecule has 2 amide bonds. The first kappa shape index (κ1) is 18.1. The van der Waals surface area contributed by atoms with Crippen LogP contribution in [0, 0.1) is 0 Å². The molecule has 1 fully saturated rings. The summed E-state index contributed by atoms with van der Waals surface area (Å²) in [4.78, 5) is 28.5. The van der Waals surface area contributed by atoms with Crippen molar-refractivity contribution < 1.29 is 14.7 Å². The molecule has 1 aromatic rings. The molecule has 0 saturated carbocycles. The van der Waals surface area contributed by atoms with Gasteiger partial charge in [0, 0.05) is 18.6 Å². The number of hydrogen-bond donors (Lipinski definition) is 1. The summed E-state index contributed by atoms with van der Waals surface area (Å²) in [5, 5.41) is 10.6. The number of benzene rings is 1. The molecule has 5 nitrogen and oxygen atoms in total. The topological polar surface area (TPSA) is 60.9 Å². The number of aliphatic hydroxyl groups is 1. The molecule has 0 aromatic heterocycles. The lowest BCUT2D eigenvalue weighted by molar-refractivity contribution is 0.0136. The van der Waals surface area contributed by atoms with Gasteiger partial charge in [0.15, 0.2) is 0 Å². The van der Waals surface area contributed by atoms with Crippen molar-refractivity contribution in [2.45, 2.75) is 64.1 Å². The third kappa shape index (κ3) is 3.48. The minimum atomic E-state index is -0.719. The van der Waals surface area contributed by atoms with Gasteiger partial charge in [-0.3, -0.25) is 19.4 Å². The number of likely N-dealkylation sites (tertiary alicyclic amines) is 1. The molecule has 2 aliphatic heterocycles. The summed E-state index contributed by atoms with van der Waals surface area (Å²) < 4.78 is 0. The number of fused-ring (bicyclic) bond motifs is 1. The molecule has 1 N–H and O–H groups in total. The number of aliphatic hydroxyl groups excluding tert-OH is 1. The van der Waals surface area contributed by atoms with E-state index in [1.807, 2.05) is 0 Å². The Labute approximate surface area is 149 Å². The van der Waals surface area contributed by atoms with E-state index in [2.05, 4.69) is 18.7 Å². The molecule has 2 aliphatic rings. The Bertz CT molecular complexity index is 599. The highest BCUT2D eigenvalue weighted by Gasteiger charge is 2.37. The van der Waals surface area contributed by atoms with E-state index in [4.69, 9.17) is 0 Å². The number of imide groups is 1. The number of carbonyl (C=O) groups excluding carboxylic acids is 2. The molecule has 1 saturated heterocycles. The van der Waals surface area contributed by atoms with E-state index < -0.39 is 6.10 Å². The van der Waals surface area contributed by atoms with Crippen molar-refractivity contribution in [3.05, 3.63) is 35.4 Å². The Balaban J connectivity index is 1.67. The zero-order chi connectivity index (χ0) is 18.0. The highest BCUT2D eigenvalue weighted by Crippen LogP contribution is 2.28. The quantitative estimate of drug-likeness (QED) is 0.806. The Kier molecular flexibility index (Phi) is 5.54. The van der Waals surface area contributed by atoms with Gasteiger partial charge in [-0.1, -0.05) is 32.4 Å². The summed E-state index contributed by atoms with van der Waals surface area (Å²) in [5.74, 6) is -0.588. The second-order valence-corrected chi connectivity index (χ2v) is 7.17.